The minimum absolute atomic E-state index is 0.00327. The predicted molar refractivity (Wildman–Crippen MR) is 72.7 cm³/mol. The van der Waals surface area contributed by atoms with Gasteiger partial charge in [0.15, 0.2) is 0 Å². The Bertz CT molecular complexity index is 394. The van der Waals surface area contributed by atoms with E-state index in [9.17, 15) is 4.79 Å². The van der Waals surface area contributed by atoms with Gasteiger partial charge in [0.1, 0.15) is 18.0 Å². The maximum Gasteiger partial charge on any atom is 0.239 e. The summed E-state index contributed by atoms with van der Waals surface area (Å²) < 4.78 is 0. The molecule has 1 heterocycles. The van der Waals surface area contributed by atoms with Crippen molar-refractivity contribution in [2.45, 2.75) is 26.8 Å². The molecule has 2 N–H and O–H groups in total. The average molecular weight is 251 g/mol. The van der Waals surface area contributed by atoms with Crippen molar-refractivity contribution in [1.82, 2.24) is 15.3 Å². The van der Waals surface area contributed by atoms with E-state index in [1.165, 1.54) is 6.33 Å². The lowest BCUT2D eigenvalue weighted by atomic mass is 10.3. The van der Waals surface area contributed by atoms with Gasteiger partial charge < -0.3 is 15.5 Å². The Labute approximate surface area is 108 Å². The first-order valence-electron chi connectivity index (χ1n) is 6.11. The monoisotopic (exact) mass is 251 g/mol. The lowest BCUT2D eigenvalue weighted by Crippen LogP contribution is -2.40. The van der Waals surface area contributed by atoms with Crippen molar-refractivity contribution < 1.29 is 4.79 Å². The number of rotatable bonds is 6. The van der Waals surface area contributed by atoms with E-state index in [1.54, 1.807) is 7.05 Å². The van der Waals surface area contributed by atoms with Crippen LogP contribution in [0, 0.1) is 0 Å². The molecule has 0 spiro atoms. The molecule has 1 aromatic heterocycles. The molecule has 6 nitrogen and oxygen atoms in total. The largest absolute Gasteiger partial charge is 0.373 e. The third-order valence-electron chi connectivity index (χ3n) is 2.40. The Kier molecular flexibility index (Phi) is 5.35. The van der Waals surface area contributed by atoms with Gasteiger partial charge in [0.2, 0.25) is 5.91 Å². The van der Waals surface area contributed by atoms with Crippen LogP contribution in [0.2, 0.25) is 0 Å². The molecule has 0 bridgehead atoms. The highest BCUT2D eigenvalue weighted by molar-refractivity contribution is 5.81. The van der Waals surface area contributed by atoms with Crippen LogP contribution < -0.4 is 15.5 Å². The summed E-state index contributed by atoms with van der Waals surface area (Å²) in [5.74, 6) is 1.48. The first kappa shape index (κ1) is 14.2. The molecule has 0 aliphatic heterocycles. The van der Waals surface area contributed by atoms with Crippen molar-refractivity contribution in [2.24, 2.45) is 0 Å². The van der Waals surface area contributed by atoms with Gasteiger partial charge in [-0.1, -0.05) is 0 Å². The number of carbonyl (C=O) groups excluding carboxylic acids is 1. The van der Waals surface area contributed by atoms with E-state index in [4.69, 9.17) is 0 Å². The molecule has 0 atom stereocenters. The van der Waals surface area contributed by atoms with Gasteiger partial charge in [-0.05, 0) is 20.8 Å². The van der Waals surface area contributed by atoms with Crippen LogP contribution in [0.15, 0.2) is 12.4 Å². The van der Waals surface area contributed by atoms with E-state index < -0.39 is 0 Å². The summed E-state index contributed by atoms with van der Waals surface area (Å²) in [6.07, 6.45) is 1.49. The van der Waals surface area contributed by atoms with Crippen LogP contribution in [0.4, 0.5) is 11.6 Å². The Morgan fingerprint density at radius 1 is 1.44 bits per heavy atom. The molecular formula is C12H21N5O. The summed E-state index contributed by atoms with van der Waals surface area (Å²) in [6.45, 7) is 6.89. The lowest BCUT2D eigenvalue weighted by molar-refractivity contribution is -0.120. The smallest absolute Gasteiger partial charge is 0.239 e. The predicted octanol–water partition coefficient (Wildman–Crippen LogP) is 0.869. The number of carbonyl (C=O) groups is 1. The molecule has 1 rings (SSSR count). The Hall–Kier alpha value is -1.85. The quantitative estimate of drug-likeness (QED) is 0.785. The molecular weight excluding hydrogens is 230 g/mol. The van der Waals surface area contributed by atoms with Crippen molar-refractivity contribution in [3.05, 3.63) is 12.4 Å². The fraction of sp³-hybridized carbons (Fsp3) is 0.583. The number of aromatic nitrogens is 2. The van der Waals surface area contributed by atoms with Gasteiger partial charge in [-0.15, -0.1) is 0 Å². The molecule has 0 fully saturated rings. The molecule has 1 amide bonds. The molecule has 18 heavy (non-hydrogen) atoms. The maximum absolute atomic E-state index is 11.7. The zero-order chi connectivity index (χ0) is 13.5. The van der Waals surface area contributed by atoms with Crippen LogP contribution >= 0.6 is 0 Å². The topological polar surface area (TPSA) is 70.2 Å². The zero-order valence-corrected chi connectivity index (χ0v) is 11.4. The third-order valence-corrected chi connectivity index (χ3v) is 2.40. The first-order valence-corrected chi connectivity index (χ1v) is 6.11. The lowest BCUT2D eigenvalue weighted by Gasteiger charge is -2.22. The van der Waals surface area contributed by atoms with Gasteiger partial charge in [-0.2, -0.15) is 0 Å². The van der Waals surface area contributed by atoms with Gasteiger partial charge in [0.05, 0.1) is 6.54 Å². The van der Waals surface area contributed by atoms with Gasteiger partial charge in [-0.25, -0.2) is 9.97 Å². The second kappa shape index (κ2) is 6.78. The van der Waals surface area contributed by atoms with Gasteiger partial charge in [-0.3, -0.25) is 4.79 Å². The standard InChI is InChI=1S/C12H21N5O/c1-5-17(7-12(18)16-9(2)3)11-6-10(13-4)14-8-15-11/h6,8-9H,5,7H2,1-4H3,(H,16,18)(H,13,14,15). The van der Waals surface area contributed by atoms with E-state index in [0.29, 0.717) is 13.1 Å². The summed E-state index contributed by atoms with van der Waals surface area (Å²) in [4.78, 5) is 21.9. The Balaban J connectivity index is 2.73. The summed E-state index contributed by atoms with van der Waals surface area (Å²) in [5, 5.41) is 5.82. The normalized spacial score (nSPS) is 10.3. The highest BCUT2D eigenvalue weighted by atomic mass is 16.2. The van der Waals surface area contributed by atoms with E-state index in [2.05, 4.69) is 20.6 Å². The number of nitrogens with one attached hydrogen (secondary N) is 2. The summed E-state index contributed by atoms with van der Waals surface area (Å²) in [7, 11) is 1.80. The zero-order valence-electron chi connectivity index (χ0n) is 11.4. The van der Waals surface area contributed by atoms with Crippen LogP contribution in [0.25, 0.3) is 0 Å². The maximum atomic E-state index is 11.7. The molecule has 0 radical (unpaired) electrons. The van der Waals surface area contributed by atoms with Gasteiger partial charge in [0, 0.05) is 25.7 Å². The van der Waals surface area contributed by atoms with Gasteiger partial charge >= 0.3 is 0 Å². The van der Waals surface area contributed by atoms with Crippen LogP contribution in [-0.4, -0.2) is 42.1 Å². The van der Waals surface area contributed by atoms with E-state index in [-0.39, 0.29) is 11.9 Å². The van der Waals surface area contributed by atoms with Crippen molar-refractivity contribution in [3.63, 3.8) is 0 Å². The first-order chi connectivity index (χ1) is 8.56. The SMILES string of the molecule is CCN(CC(=O)NC(C)C)c1cc(NC)ncn1. The highest BCUT2D eigenvalue weighted by Gasteiger charge is 2.12. The van der Waals surface area contributed by atoms with E-state index in [1.807, 2.05) is 31.7 Å². The minimum atomic E-state index is -0.00327. The number of hydrogen-bond acceptors (Lipinski definition) is 5. The Morgan fingerprint density at radius 3 is 2.72 bits per heavy atom. The van der Waals surface area contributed by atoms with E-state index in [0.717, 1.165) is 11.6 Å². The summed E-state index contributed by atoms with van der Waals surface area (Å²) in [6, 6.07) is 1.97. The molecule has 0 unspecified atom stereocenters. The van der Waals surface area contributed by atoms with Gasteiger partial charge in [0.25, 0.3) is 0 Å². The molecule has 0 saturated heterocycles. The van der Waals surface area contributed by atoms with Crippen molar-refractivity contribution in [1.29, 1.82) is 0 Å². The van der Waals surface area contributed by atoms with E-state index >= 15 is 0 Å². The minimum Gasteiger partial charge on any atom is -0.373 e. The molecule has 0 saturated carbocycles. The Morgan fingerprint density at radius 2 is 2.17 bits per heavy atom. The molecule has 1 aromatic rings. The molecule has 0 aliphatic carbocycles. The third kappa shape index (κ3) is 4.20. The number of hydrogen-bond donors (Lipinski definition) is 2. The number of nitrogens with zero attached hydrogens (tertiary/aromatic N) is 3. The molecule has 0 aliphatic rings. The molecule has 6 heteroatoms. The van der Waals surface area contributed by atoms with Crippen LogP contribution in [-0.2, 0) is 4.79 Å². The van der Waals surface area contributed by atoms with Crippen LogP contribution in [0.5, 0.6) is 0 Å². The summed E-state index contributed by atoms with van der Waals surface area (Å²) in [5.41, 5.74) is 0. The van der Waals surface area contributed by atoms with Crippen LogP contribution in [0.3, 0.4) is 0 Å². The van der Waals surface area contributed by atoms with Crippen LogP contribution in [0.1, 0.15) is 20.8 Å². The molecule has 0 aromatic carbocycles. The van der Waals surface area contributed by atoms with Crippen molar-refractivity contribution >= 4 is 17.5 Å². The number of amides is 1. The number of anilines is 2. The fourth-order valence-corrected chi connectivity index (χ4v) is 1.55. The number of likely N-dealkylation sites (N-methyl/N-ethyl adjacent to an activating group) is 1. The second-order valence-electron chi connectivity index (χ2n) is 4.25. The highest BCUT2D eigenvalue weighted by Crippen LogP contribution is 2.12. The average Bonchev–Trinajstić information content (AvgIpc) is 2.35. The second-order valence-corrected chi connectivity index (χ2v) is 4.25. The molecule has 100 valence electrons. The van der Waals surface area contributed by atoms with Crippen molar-refractivity contribution in [3.8, 4) is 0 Å². The van der Waals surface area contributed by atoms with Crippen molar-refractivity contribution in [2.75, 3.05) is 30.4 Å². The summed E-state index contributed by atoms with van der Waals surface area (Å²) >= 11 is 0. The fourth-order valence-electron chi connectivity index (χ4n) is 1.55.